The summed E-state index contributed by atoms with van der Waals surface area (Å²) in [5.74, 6) is 0.869. The molecule has 0 spiro atoms. The first-order valence-corrected chi connectivity index (χ1v) is 10.3. The predicted molar refractivity (Wildman–Crippen MR) is 111 cm³/mol. The van der Waals surface area contributed by atoms with Crippen molar-refractivity contribution in [2.45, 2.75) is 30.7 Å². The smallest absolute Gasteiger partial charge is 0.317 e. The molecule has 1 aliphatic heterocycles. The lowest BCUT2D eigenvalue weighted by atomic mass is 10.0. The minimum atomic E-state index is -0.0204. The zero-order valence-corrected chi connectivity index (χ0v) is 16.6. The van der Waals surface area contributed by atoms with Crippen molar-refractivity contribution in [3.05, 3.63) is 70.5 Å². The van der Waals surface area contributed by atoms with Gasteiger partial charge in [-0.1, -0.05) is 41.9 Å². The lowest BCUT2D eigenvalue weighted by Gasteiger charge is -2.16. The van der Waals surface area contributed by atoms with Crippen LogP contribution < -0.4 is 5.32 Å². The van der Waals surface area contributed by atoms with E-state index in [2.05, 4.69) is 40.6 Å². The number of thioether (sulfide) groups is 1. The summed E-state index contributed by atoms with van der Waals surface area (Å²) in [6.07, 6.45) is 1.82. The Kier molecular flexibility index (Phi) is 5.23. The van der Waals surface area contributed by atoms with Gasteiger partial charge < -0.3 is 10.2 Å². The SMILES string of the molecule is CCNC(=O)N1Cc2cc3cnc(Cl)cc3c(SCc3ccccc3)c2C1. The number of nitrogens with zero attached hydrogens (tertiary/aromatic N) is 2. The van der Waals surface area contributed by atoms with Gasteiger partial charge >= 0.3 is 6.03 Å². The quantitative estimate of drug-likeness (QED) is 0.484. The van der Waals surface area contributed by atoms with Gasteiger partial charge in [-0.25, -0.2) is 9.78 Å². The monoisotopic (exact) mass is 397 g/mol. The summed E-state index contributed by atoms with van der Waals surface area (Å²) >= 11 is 7.98. The van der Waals surface area contributed by atoms with Gasteiger partial charge in [0.05, 0.1) is 0 Å². The van der Waals surface area contributed by atoms with Crippen molar-refractivity contribution >= 4 is 40.2 Å². The van der Waals surface area contributed by atoms with Gasteiger partial charge in [0.25, 0.3) is 0 Å². The van der Waals surface area contributed by atoms with Crippen LogP contribution in [0.5, 0.6) is 0 Å². The molecular formula is C21H20ClN3OS. The van der Waals surface area contributed by atoms with E-state index in [4.69, 9.17) is 11.6 Å². The van der Waals surface area contributed by atoms with E-state index < -0.39 is 0 Å². The zero-order chi connectivity index (χ0) is 18.8. The number of nitrogens with one attached hydrogen (secondary N) is 1. The maximum Gasteiger partial charge on any atom is 0.317 e. The van der Waals surface area contributed by atoms with Crippen molar-refractivity contribution in [1.82, 2.24) is 15.2 Å². The first-order valence-electron chi connectivity index (χ1n) is 8.95. The molecule has 6 heteroatoms. The summed E-state index contributed by atoms with van der Waals surface area (Å²) in [4.78, 5) is 19.6. The summed E-state index contributed by atoms with van der Waals surface area (Å²) in [6, 6.07) is 14.5. The summed E-state index contributed by atoms with van der Waals surface area (Å²) < 4.78 is 0. The fourth-order valence-corrected chi connectivity index (χ4v) is 4.77. The molecule has 1 aromatic heterocycles. The van der Waals surface area contributed by atoms with E-state index in [9.17, 15) is 4.79 Å². The van der Waals surface area contributed by atoms with Gasteiger partial charge in [0, 0.05) is 47.3 Å². The van der Waals surface area contributed by atoms with Gasteiger partial charge in [0.1, 0.15) is 5.15 Å². The van der Waals surface area contributed by atoms with E-state index in [-0.39, 0.29) is 6.03 Å². The van der Waals surface area contributed by atoms with Crippen LogP contribution in [0.3, 0.4) is 0 Å². The highest BCUT2D eigenvalue weighted by molar-refractivity contribution is 7.98. The number of urea groups is 1. The third kappa shape index (κ3) is 3.75. The topological polar surface area (TPSA) is 45.2 Å². The molecule has 0 fully saturated rings. The van der Waals surface area contributed by atoms with Crippen LogP contribution in [0.1, 0.15) is 23.6 Å². The van der Waals surface area contributed by atoms with E-state index in [1.165, 1.54) is 21.6 Å². The Morgan fingerprint density at radius 3 is 2.85 bits per heavy atom. The average molecular weight is 398 g/mol. The van der Waals surface area contributed by atoms with E-state index >= 15 is 0 Å². The Morgan fingerprint density at radius 2 is 2.07 bits per heavy atom. The van der Waals surface area contributed by atoms with Crippen LogP contribution in [0.25, 0.3) is 10.8 Å². The van der Waals surface area contributed by atoms with Crippen molar-refractivity contribution in [1.29, 1.82) is 0 Å². The van der Waals surface area contributed by atoms with E-state index in [0.29, 0.717) is 24.8 Å². The van der Waals surface area contributed by atoms with Gasteiger partial charge in [-0.05, 0) is 35.7 Å². The largest absolute Gasteiger partial charge is 0.338 e. The molecule has 2 aromatic carbocycles. The Balaban J connectivity index is 1.73. The molecule has 4 nitrogen and oxygen atoms in total. The summed E-state index contributed by atoms with van der Waals surface area (Å²) in [7, 11) is 0. The molecule has 1 aliphatic rings. The molecule has 3 aromatic rings. The second-order valence-electron chi connectivity index (χ2n) is 6.54. The minimum Gasteiger partial charge on any atom is -0.338 e. The van der Waals surface area contributed by atoms with Crippen molar-refractivity contribution in [2.24, 2.45) is 0 Å². The molecule has 0 bridgehead atoms. The van der Waals surface area contributed by atoms with Crippen molar-refractivity contribution < 1.29 is 4.79 Å². The average Bonchev–Trinajstić information content (AvgIpc) is 3.10. The molecular weight excluding hydrogens is 378 g/mol. The number of aromatic nitrogens is 1. The Bertz CT molecular complexity index is 994. The third-order valence-electron chi connectivity index (χ3n) is 4.69. The van der Waals surface area contributed by atoms with Crippen LogP contribution in [0, 0.1) is 0 Å². The fourth-order valence-electron chi connectivity index (χ4n) is 3.40. The zero-order valence-electron chi connectivity index (χ0n) is 15.0. The number of fused-ring (bicyclic) bond motifs is 2. The third-order valence-corrected chi connectivity index (χ3v) is 6.13. The van der Waals surface area contributed by atoms with Crippen molar-refractivity contribution in [2.75, 3.05) is 6.54 Å². The van der Waals surface area contributed by atoms with Gasteiger partial charge in [0.15, 0.2) is 0 Å². The van der Waals surface area contributed by atoms with Crippen LogP contribution in [-0.2, 0) is 18.8 Å². The first kappa shape index (κ1) is 18.1. The molecule has 0 radical (unpaired) electrons. The molecule has 0 unspecified atom stereocenters. The highest BCUT2D eigenvalue weighted by atomic mass is 35.5. The molecule has 1 N–H and O–H groups in total. The molecule has 2 heterocycles. The number of halogens is 1. The molecule has 2 amide bonds. The molecule has 27 heavy (non-hydrogen) atoms. The van der Waals surface area contributed by atoms with Gasteiger partial charge in [-0.3, -0.25) is 0 Å². The van der Waals surface area contributed by atoms with E-state index in [1.807, 2.05) is 30.2 Å². The number of pyridine rings is 1. The van der Waals surface area contributed by atoms with Crippen molar-refractivity contribution in [3.8, 4) is 0 Å². The number of hydrogen-bond donors (Lipinski definition) is 1. The standard InChI is InChI=1S/C21H20ClN3OS/c1-2-23-21(26)25-11-16-8-15-10-24-19(22)9-17(15)20(18(16)12-25)27-13-14-6-4-3-5-7-14/h3-10H,2,11-13H2,1H3,(H,23,26). The molecule has 138 valence electrons. The lowest BCUT2D eigenvalue weighted by molar-refractivity contribution is 0.199. The van der Waals surface area contributed by atoms with E-state index in [1.54, 1.807) is 11.8 Å². The Hall–Kier alpha value is -2.24. The number of carbonyl (C=O) groups is 1. The maximum atomic E-state index is 12.3. The minimum absolute atomic E-state index is 0.0204. The van der Waals surface area contributed by atoms with E-state index in [0.717, 1.165) is 16.5 Å². The molecule has 4 rings (SSSR count). The fraction of sp³-hybridized carbons (Fsp3) is 0.238. The van der Waals surface area contributed by atoms with Gasteiger partial charge in [0.2, 0.25) is 0 Å². The molecule has 0 aliphatic carbocycles. The van der Waals surface area contributed by atoms with Crippen molar-refractivity contribution in [3.63, 3.8) is 0 Å². The van der Waals surface area contributed by atoms with Crippen LogP contribution in [0.2, 0.25) is 5.15 Å². The highest BCUT2D eigenvalue weighted by Crippen LogP contribution is 2.40. The summed E-state index contributed by atoms with van der Waals surface area (Å²) in [5.41, 5.74) is 3.68. The summed E-state index contributed by atoms with van der Waals surface area (Å²) in [5, 5.41) is 5.55. The lowest BCUT2D eigenvalue weighted by Crippen LogP contribution is -2.36. The van der Waals surface area contributed by atoms with Crippen LogP contribution in [-0.4, -0.2) is 22.5 Å². The number of rotatable bonds is 4. The van der Waals surface area contributed by atoms with Gasteiger partial charge in [-0.2, -0.15) is 0 Å². The Labute approximate surface area is 167 Å². The number of hydrogen-bond acceptors (Lipinski definition) is 3. The van der Waals surface area contributed by atoms with Crippen LogP contribution in [0.4, 0.5) is 4.79 Å². The first-order chi connectivity index (χ1) is 13.2. The number of amides is 2. The molecule has 0 atom stereocenters. The van der Waals surface area contributed by atoms with Gasteiger partial charge in [-0.15, -0.1) is 11.8 Å². The second kappa shape index (κ2) is 7.79. The maximum absolute atomic E-state index is 12.3. The number of benzene rings is 2. The van der Waals surface area contributed by atoms with Crippen LogP contribution in [0.15, 0.2) is 53.6 Å². The Morgan fingerprint density at radius 1 is 1.26 bits per heavy atom. The van der Waals surface area contributed by atoms with Crippen LogP contribution >= 0.6 is 23.4 Å². The molecule has 0 saturated heterocycles. The molecule has 0 saturated carbocycles. The highest BCUT2D eigenvalue weighted by Gasteiger charge is 2.27. The second-order valence-corrected chi connectivity index (χ2v) is 7.91. The predicted octanol–water partition coefficient (Wildman–Crippen LogP) is 5.23. The number of carbonyl (C=O) groups excluding carboxylic acids is 1. The normalized spacial score (nSPS) is 13.0. The summed E-state index contributed by atoms with van der Waals surface area (Å²) in [6.45, 7) is 3.81.